The van der Waals surface area contributed by atoms with Crippen molar-refractivity contribution in [2.45, 2.75) is 6.18 Å². The molecule has 9 heteroatoms. The van der Waals surface area contributed by atoms with E-state index in [1.807, 2.05) is 0 Å². The van der Waals surface area contributed by atoms with E-state index in [0.29, 0.717) is 12.2 Å². The molecule has 0 aromatic carbocycles. The average Bonchev–Trinajstić information content (AvgIpc) is 2.27. The third-order valence-corrected chi connectivity index (χ3v) is 1.24. The van der Waals surface area contributed by atoms with Crippen molar-refractivity contribution in [3.05, 3.63) is 36.4 Å². The molecule has 18 heavy (non-hydrogen) atoms. The Morgan fingerprint density at radius 2 is 1.67 bits per heavy atom. The van der Waals surface area contributed by atoms with E-state index in [9.17, 15) is 22.8 Å². The second kappa shape index (κ2) is 6.99. The number of aliphatic carboxylic acids is 2. The lowest BCUT2D eigenvalue weighted by Crippen LogP contribution is -2.07. The van der Waals surface area contributed by atoms with Crippen molar-refractivity contribution in [2.75, 3.05) is 0 Å². The van der Waals surface area contributed by atoms with Crippen LogP contribution in [0, 0.1) is 0 Å². The van der Waals surface area contributed by atoms with Crippen LogP contribution in [0.1, 0.15) is 5.69 Å². The first-order valence-electron chi connectivity index (χ1n) is 4.20. The van der Waals surface area contributed by atoms with Gasteiger partial charge in [0.2, 0.25) is 0 Å². The SMILES string of the molecule is FC(F)(F)c1ccncn1.O=C(O)/C=C\C(=O)O. The number of hydrogen-bond acceptors (Lipinski definition) is 4. The zero-order chi connectivity index (χ0) is 14.2. The van der Waals surface area contributed by atoms with Crippen LogP contribution in [0.2, 0.25) is 0 Å². The molecular weight excluding hydrogens is 257 g/mol. The van der Waals surface area contributed by atoms with Crippen LogP contribution < -0.4 is 0 Å². The molecule has 0 amide bonds. The third-order valence-electron chi connectivity index (χ3n) is 1.24. The van der Waals surface area contributed by atoms with Crippen LogP contribution in [0.25, 0.3) is 0 Å². The fourth-order valence-corrected chi connectivity index (χ4v) is 0.601. The van der Waals surface area contributed by atoms with E-state index in [4.69, 9.17) is 10.2 Å². The average molecular weight is 264 g/mol. The molecule has 0 unspecified atom stereocenters. The van der Waals surface area contributed by atoms with Crippen molar-refractivity contribution in [3.63, 3.8) is 0 Å². The number of nitrogens with zero attached hydrogens (tertiary/aromatic N) is 2. The molecule has 0 radical (unpaired) electrons. The summed E-state index contributed by atoms with van der Waals surface area (Å²) in [6.07, 6.45) is -1.33. The molecule has 2 N–H and O–H groups in total. The number of alkyl halides is 3. The van der Waals surface area contributed by atoms with Gasteiger partial charge < -0.3 is 10.2 Å². The molecule has 0 aliphatic heterocycles. The molecule has 0 saturated carbocycles. The number of rotatable bonds is 2. The zero-order valence-corrected chi connectivity index (χ0v) is 8.63. The van der Waals surface area contributed by atoms with Crippen molar-refractivity contribution >= 4 is 11.9 Å². The van der Waals surface area contributed by atoms with E-state index >= 15 is 0 Å². The smallest absolute Gasteiger partial charge is 0.433 e. The summed E-state index contributed by atoms with van der Waals surface area (Å²) in [4.78, 5) is 25.5. The van der Waals surface area contributed by atoms with E-state index in [1.54, 1.807) is 0 Å². The topological polar surface area (TPSA) is 100 Å². The molecule has 0 bridgehead atoms. The number of carboxylic acids is 2. The van der Waals surface area contributed by atoms with E-state index in [1.165, 1.54) is 0 Å². The molecule has 1 aromatic rings. The molecule has 0 fully saturated rings. The lowest BCUT2D eigenvalue weighted by atomic mass is 10.4. The van der Waals surface area contributed by atoms with Gasteiger partial charge in [0.1, 0.15) is 12.0 Å². The van der Waals surface area contributed by atoms with Crippen molar-refractivity contribution in [3.8, 4) is 0 Å². The predicted molar refractivity (Wildman–Crippen MR) is 51.4 cm³/mol. The van der Waals surface area contributed by atoms with Gasteiger partial charge in [-0.05, 0) is 6.07 Å². The summed E-state index contributed by atoms with van der Waals surface area (Å²) in [6, 6.07) is 0.819. The highest BCUT2D eigenvalue weighted by Gasteiger charge is 2.31. The lowest BCUT2D eigenvalue weighted by molar-refractivity contribution is -0.141. The minimum absolute atomic E-state index is 0.558. The molecular formula is C9H7F3N2O4. The van der Waals surface area contributed by atoms with Gasteiger partial charge in [-0.25, -0.2) is 19.6 Å². The summed E-state index contributed by atoms with van der Waals surface area (Å²) in [6.45, 7) is 0. The molecule has 0 aliphatic rings. The van der Waals surface area contributed by atoms with Crippen LogP contribution in [0.5, 0.6) is 0 Å². The highest BCUT2D eigenvalue weighted by Crippen LogP contribution is 2.26. The van der Waals surface area contributed by atoms with Crippen molar-refractivity contribution in [1.82, 2.24) is 9.97 Å². The fourth-order valence-electron chi connectivity index (χ4n) is 0.601. The second-order valence-corrected chi connectivity index (χ2v) is 2.60. The number of hydrogen-bond donors (Lipinski definition) is 2. The Labute approximate surface area is 98.4 Å². The first kappa shape index (κ1) is 15.6. The van der Waals surface area contributed by atoms with Gasteiger partial charge >= 0.3 is 18.1 Å². The van der Waals surface area contributed by atoms with Crippen LogP contribution >= 0.6 is 0 Å². The standard InChI is InChI=1S/C5H3F3N2.C4H4O4/c6-5(7,8)4-1-2-9-3-10-4;5-3(6)1-2-4(7)8/h1-3H;1-2H,(H,5,6)(H,7,8)/b;2-1-. The maximum atomic E-state index is 11.7. The van der Waals surface area contributed by atoms with Gasteiger partial charge in [-0.15, -0.1) is 0 Å². The number of carboxylic acid groups (broad SMARTS) is 2. The molecule has 0 atom stereocenters. The van der Waals surface area contributed by atoms with Crippen LogP contribution in [-0.4, -0.2) is 32.1 Å². The molecule has 1 rings (SSSR count). The summed E-state index contributed by atoms with van der Waals surface area (Å²) in [5.41, 5.74) is -0.914. The molecule has 0 saturated heterocycles. The van der Waals surface area contributed by atoms with Gasteiger partial charge in [-0.3, -0.25) is 0 Å². The first-order chi connectivity index (χ1) is 8.23. The van der Waals surface area contributed by atoms with Gasteiger partial charge in [0, 0.05) is 18.3 Å². The molecule has 1 heterocycles. The quantitative estimate of drug-likeness (QED) is 0.778. The van der Waals surface area contributed by atoms with E-state index in [0.717, 1.165) is 18.6 Å². The Hall–Kier alpha value is -2.45. The summed E-state index contributed by atoms with van der Waals surface area (Å²) in [5, 5.41) is 15.6. The molecule has 6 nitrogen and oxygen atoms in total. The molecule has 0 aliphatic carbocycles. The van der Waals surface area contributed by atoms with E-state index in [2.05, 4.69) is 9.97 Å². The number of halogens is 3. The Balaban J connectivity index is 0.000000331. The van der Waals surface area contributed by atoms with Gasteiger partial charge in [-0.1, -0.05) is 0 Å². The fraction of sp³-hybridized carbons (Fsp3) is 0.111. The normalized spacial score (nSPS) is 10.6. The van der Waals surface area contributed by atoms with Gasteiger partial charge in [0.05, 0.1) is 0 Å². The Morgan fingerprint density at radius 3 is 1.89 bits per heavy atom. The van der Waals surface area contributed by atoms with E-state index < -0.39 is 23.8 Å². The summed E-state index contributed by atoms with van der Waals surface area (Å²) >= 11 is 0. The predicted octanol–water partition coefficient (Wildman–Crippen LogP) is 1.21. The van der Waals surface area contributed by atoms with Crippen LogP contribution in [0.15, 0.2) is 30.7 Å². The number of aromatic nitrogens is 2. The second-order valence-electron chi connectivity index (χ2n) is 2.60. The Bertz CT molecular complexity index is 415. The molecule has 1 aromatic heterocycles. The monoisotopic (exact) mass is 264 g/mol. The summed E-state index contributed by atoms with van der Waals surface area (Å²) < 4.78 is 35.1. The minimum atomic E-state index is -4.36. The van der Waals surface area contributed by atoms with Crippen LogP contribution in [-0.2, 0) is 15.8 Å². The highest BCUT2D eigenvalue weighted by atomic mass is 19.4. The maximum Gasteiger partial charge on any atom is 0.433 e. The van der Waals surface area contributed by atoms with Gasteiger partial charge in [0.25, 0.3) is 0 Å². The highest BCUT2D eigenvalue weighted by molar-refractivity contribution is 5.89. The third kappa shape index (κ3) is 7.79. The zero-order valence-electron chi connectivity index (χ0n) is 8.63. The summed E-state index contributed by atoms with van der Waals surface area (Å²) in [7, 11) is 0. The first-order valence-corrected chi connectivity index (χ1v) is 4.20. The van der Waals surface area contributed by atoms with Crippen molar-refractivity contribution < 1.29 is 33.0 Å². The van der Waals surface area contributed by atoms with Gasteiger partial charge in [0.15, 0.2) is 0 Å². The lowest BCUT2D eigenvalue weighted by Gasteiger charge is -2.02. The van der Waals surface area contributed by atoms with Crippen LogP contribution in [0.4, 0.5) is 13.2 Å². The summed E-state index contributed by atoms with van der Waals surface area (Å²) in [5.74, 6) is -2.51. The van der Waals surface area contributed by atoms with Gasteiger partial charge in [-0.2, -0.15) is 13.2 Å². The Morgan fingerprint density at radius 1 is 1.17 bits per heavy atom. The largest absolute Gasteiger partial charge is 0.478 e. The Kier molecular flexibility index (Phi) is 6.04. The molecule has 0 spiro atoms. The number of carbonyl (C=O) groups is 2. The maximum absolute atomic E-state index is 11.7. The molecule has 98 valence electrons. The van der Waals surface area contributed by atoms with Crippen molar-refractivity contribution in [2.24, 2.45) is 0 Å². The van der Waals surface area contributed by atoms with E-state index in [-0.39, 0.29) is 0 Å². The van der Waals surface area contributed by atoms with Crippen molar-refractivity contribution in [1.29, 1.82) is 0 Å². The minimum Gasteiger partial charge on any atom is -0.478 e. The van der Waals surface area contributed by atoms with Crippen LogP contribution in [0.3, 0.4) is 0 Å².